The van der Waals surface area contributed by atoms with Crippen molar-refractivity contribution in [3.05, 3.63) is 35.4 Å². The molecule has 0 unspecified atom stereocenters. The van der Waals surface area contributed by atoms with Gasteiger partial charge in [0, 0.05) is 0 Å². The molecular formula is C13H12BrNO4. The van der Waals surface area contributed by atoms with Gasteiger partial charge in [-0.25, -0.2) is 0 Å². The van der Waals surface area contributed by atoms with Crippen LogP contribution in [0.15, 0.2) is 24.3 Å². The van der Waals surface area contributed by atoms with Crippen molar-refractivity contribution in [1.82, 2.24) is 4.90 Å². The summed E-state index contributed by atoms with van der Waals surface area (Å²) in [6.45, 7) is 0.615. The van der Waals surface area contributed by atoms with Crippen molar-refractivity contribution in [2.75, 3.05) is 18.5 Å². The Kier molecular flexibility index (Phi) is 3.38. The minimum Gasteiger partial charge on any atom is -0.350 e. The van der Waals surface area contributed by atoms with Crippen molar-refractivity contribution < 1.29 is 19.1 Å². The maximum Gasteiger partial charge on any atom is 0.261 e. The molecule has 19 heavy (non-hydrogen) atoms. The van der Waals surface area contributed by atoms with Crippen molar-refractivity contribution in [2.45, 2.75) is 12.3 Å². The van der Waals surface area contributed by atoms with Crippen molar-refractivity contribution in [1.29, 1.82) is 0 Å². The fraction of sp³-hybridized carbons (Fsp3) is 0.385. The van der Waals surface area contributed by atoms with E-state index in [0.717, 1.165) is 0 Å². The van der Waals surface area contributed by atoms with Crippen molar-refractivity contribution >= 4 is 27.7 Å². The maximum absolute atomic E-state index is 12.2. The maximum atomic E-state index is 12.2. The lowest BCUT2D eigenvalue weighted by Gasteiger charge is -2.32. The van der Waals surface area contributed by atoms with Crippen LogP contribution in [0.5, 0.6) is 0 Å². The summed E-state index contributed by atoms with van der Waals surface area (Å²) in [7, 11) is 0. The molecule has 2 amide bonds. The van der Waals surface area contributed by atoms with Gasteiger partial charge in [-0.05, 0) is 12.1 Å². The van der Waals surface area contributed by atoms with Crippen LogP contribution in [0, 0.1) is 0 Å². The van der Waals surface area contributed by atoms with E-state index < -0.39 is 0 Å². The number of fused-ring (bicyclic) bond motifs is 1. The second-order valence-electron chi connectivity index (χ2n) is 4.43. The van der Waals surface area contributed by atoms with E-state index in [-0.39, 0.29) is 24.1 Å². The summed E-state index contributed by atoms with van der Waals surface area (Å²) in [6.07, 6.45) is -0.313. The molecule has 0 atom stereocenters. The Bertz CT molecular complexity index is 490. The average Bonchev–Trinajstić information content (AvgIpc) is 2.72. The zero-order chi connectivity index (χ0) is 13.4. The number of hydrogen-bond acceptors (Lipinski definition) is 4. The summed E-state index contributed by atoms with van der Waals surface area (Å²) in [4.78, 5) is 25.7. The molecule has 6 heteroatoms. The Labute approximate surface area is 118 Å². The van der Waals surface area contributed by atoms with Gasteiger partial charge in [0.05, 0.1) is 35.7 Å². The number of alkyl halides is 1. The number of carbonyl (C=O) groups is 2. The fourth-order valence-corrected chi connectivity index (χ4v) is 2.68. The third kappa shape index (κ3) is 2.09. The molecule has 0 aromatic heterocycles. The van der Waals surface area contributed by atoms with Crippen LogP contribution in [0.4, 0.5) is 0 Å². The summed E-state index contributed by atoms with van der Waals surface area (Å²) >= 11 is 3.26. The molecule has 5 nitrogen and oxygen atoms in total. The first-order valence-corrected chi connectivity index (χ1v) is 7.10. The highest BCUT2D eigenvalue weighted by Gasteiger charge is 2.41. The molecule has 2 aliphatic heterocycles. The Morgan fingerprint density at radius 2 is 1.63 bits per heavy atom. The van der Waals surface area contributed by atoms with Crippen LogP contribution >= 0.6 is 15.9 Å². The second-order valence-corrected chi connectivity index (χ2v) is 5.08. The van der Waals surface area contributed by atoms with Crippen molar-refractivity contribution in [2.24, 2.45) is 0 Å². The number of nitrogens with zero attached hydrogens (tertiary/aromatic N) is 1. The standard InChI is InChI=1S/C13H12BrNO4/c14-5-11-18-6-8(7-19-11)15-12(16)9-3-1-2-4-10(9)13(15)17/h1-4,8,11H,5-7H2. The van der Waals surface area contributed by atoms with Crippen molar-refractivity contribution in [3.8, 4) is 0 Å². The van der Waals surface area contributed by atoms with Crippen LogP contribution in [0.2, 0.25) is 0 Å². The zero-order valence-electron chi connectivity index (χ0n) is 10.0. The first-order chi connectivity index (χ1) is 9.22. The average molecular weight is 326 g/mol. The summed E-state index contributed by atoms with van der Waals surface area (Å²) < 4.78 is 10.9. The lowest BCUT2D eigenvalue weighted by molar-refractivity contribution is -0.183. The van der Waals surface area contributed by atoms with Crippen LogP contribution in [-0.4, -0.2) is 47.6 Å². The van der Waals surface area contributed by atoms with E-state index in [1.807, 2.05) is 0 Å². The molecule has 0 bridgehead atoms. The van der Waals surface area contributed by atoms with E-state index in [1.165, 1.54) is 4.90 Å². The first-order valence-electron chi connectivity index (χ1n) is 5.98. The molecular weight excluding hydrogens is 314 g/mol. The molecule has 0 spiro atoms. The molecule has 1 aromatic carbocycles. The predicted molar refractivity (Wildman–Crippen MR) is 70.2 cm³/mol. The van der Waals surface area contributed by atoms with Crippen LogP contribution < -0.4 is 0 Å². The number of ether oxygens (including phenoxy) is 2. The Hall–Kier alpha value is -1.24. The number of halogens is 1. The van der Waals surface area contributed by atoms with E-state index in [0.29, 0.717) is 29.7 Å². The molecule has 0 saturated carbocycles. The largest absolute Gasteiger partial charge is 0.350 e. The number of rotatable bonds is 2. The zero-order valence-corrected chi connectivity index (χ0v) is 11.6. The molecule has 0 aliphatic carbocycles. The van der Waals surface area contributed by atoms with Gasteiger partial charge in [0.2, 0.25) is 0 Å². The van der Waals surface area contributed by atoms with Crippen LogP contribution in [0.25, 0.3) is 0 Å². The Morgan fingerprint density at radius 1 is 1.11 bits per heavy atom. The third-order valence-electron chi connectivity index (χ3n) is 3.27. The number of amides is 2. The first kappa shape index (κ1) is 12.8. The molecule has 2 heterocycles. The number of carbonyl (C=O) groups excluding carboxylic acids is 2. The van der Waals surface area contributed by atoms with Gasteiger partial charge in [-0.2, -0.15) is 0 Å². The number of imide groups is 1. The summed E-state index contributed by atoms with van der Waals surface area (Å²) in [5.41, 5.74) is 0.908. The van der Waals surface area contributed by atoms with Crippen LogP contribution in [0.3, 0.4) is 0 Å². The quantitative estimate of drug-likeness (QED) is 0.609. The SMILES string of the molecule is O=C1c2ccccc2C(=O)N1C1COC(CBr)OC1. The van der Waals surface area contributed by atoms with E-state index in [2.05, 4.69) is 15.9 Å². The Balaban J connectivity index is 1.81. The molecule has 0 radical (unpaired) electrons. The molecule has 1 aromatic rings. The third-order valence-corrected chi connectivity index (χ3v) is 3.79. The van der Waals surface area contributed by atoms with Gasteiger partial charge in [0.25, 0.3) is 11.8 Å². The molecule has 1 fully saturated rings. The van der Waals surface area contributed by atoms with Gasteiger partial charge >= 0.3 is 0 Å². The minimum atomic E-state index is -0.359. The second kappa shape index (κ2) is 5.03. The van der Waals surface area contributed by atoms with Crippen molar-refractivity contribution in [3.63, 3.8) is 0 Å². The molecule has 3 rings (SSSR count). The summed E-state index contributed by atoms with van der Waals surface area (Å²) in [5, 5.41) is 0.571. The summed E-state index contributed by atoms with van der Waals surface area (Å²) in [6, 6.07) is 6.48. The highest BCUT2D eigenvalue weighted by molar-refractivity contribution is 9.09. The minimum absolute atomic E-state index is 0.268. The van der Waals surface area contributed by atoms with Crippen LogP contribution in [0.1, 0.15) is 20.7 Å². The fourth-order valence-electron chi connectivity index (χ4n) is 2.31. The van der Waals surface area contributed by atoms with E-state index in [4.69, 9.17) is 9.47 Å². The van der Waals surface area contributed by atoms with Gasteiger partial charge in [0.15, 0.2) is 6.29 Å². The lowest BCUT2D eigenvalue weighted by Crippen LogP contribution is -2.50. The molecule has 2 aliphatic rings. The van der Waals surface area contributed by atoms with Crippen LogP contribution in [-0.2, 0) is 9.47 Å². The van der Waals surface area contributed by atoms with E-state index in [9.17, 15) is 9.59 Å². The van der Waals surface area contributed by atoms with E-state index >= 15 is 0 Å². The molecule has 100 valence electrons. The van der Waals surface area contributed by atoms with Gasteiger partial charge in [0.1, 0.15) is 0 Å². The highest BCUT2D eigenvalue weighted by atomic mass is 79.9. The van der Waals surface area contributed by atoms with E-state index in [1.54, 1.807) is 24.3 Å². The monoisotopic (exact) mass is 325 g/mol. The molecule has 1 saturated heterocycles. The van der Waals surface area contributed by atoms with Gasteiger partial charge in [-0.1, -0.05) is 28.1 Å². The summed E-state index contributed by atoms with van der Waals surface area (Å²) in [5.74, 6) is -0.537. The topological polar surface area (TPSA) is 55.8 Å². The van der Waals surface area contributed by atoms with Gasteiger partial charge in [-0.15, -0.1) is 0 Å². The number of hydrogen-bond donors (Lipinski definition) is 0. The molecule has 0 N–H and O–H groups in total. The highest BCUT2D eigenvalue weighted by Crippen LogP contribution is 2.26. The predicted octanol–water partition coefficient (Wildman–Crippen LogP) is 1.42. The number of benzene rings is 1. The normalized spacial score (nSPS) is 26.7. The lowest BCUT2D eigenvalue weighted by atomic mass is 10.1. The smallest absolute Gasteiger partial charge is 0.261 e. The van der Waals surface area contributed by atoms with Gasteiger partial charge < -0.3 is 9.47 Å². The Morgan fingerprint density at radius 3 is 2.11 bits per heavy atom. The van der Waals surface area contributed by atoms with Gasteiger partial charge in [-0.3, -0.25) is 14.5 Å².